The molecule has 1 aliphatic rings. The summed E-state index contributed by atoms with van der Waals surface area (Å²) >= 11 is 0. The molecule has 4 heteroatoms. The van der Waals surface area contributed by atoms with E-state index in [1.54, 1.807) is 12.1 Å². The van der Waals surface area contributed by atoms with Gasteiger partial charge in [-0.1, -0.05) is 6.92 Å². The van der Waals surface area contributed by atoms with Crippen molar-refractivity contribution >= 4 is 11.8 Å². The normalized spacial score (nSPS) is 21.9. The van der Waals surface area contributed by atoms with Gasteiger partial charge in [0, 0.05) is 11.0 Å². The minimum atomic E-state index is -0.656. The number of rotatable bonds is 3. The molecule has 0 aromatic heterocycles. The summed E-state index contributed by atoms with van der Waals surface area (Å²) < 4.78 is 4.70. The lowest BCUT2D eigenvalue weighted by Gasteiger charge is -2.35. The van der Waals surface area contributed by atoms with E-state index in [0.29, 0.717) is 24.8 Å². The van der Waals surface area contributed by atoms with Crippen LogP contribution in [0.3, 0.4) is 0 Å². The second-order valence-corrected chi connectivity index (χ2v) is 5.06. The van der Waals surface area contributed by atoms with Gasteiger partial charge in [0.15, 0.2) is 5.78 Å². The Morgan fingerprint density at radius 1 is 1.47 bits per heavy atom. The molecule has 0 unspecified atom stereocenters. The smallest absolute Gasteiger partial charge is 0.306 e. The van der Waals surface area contributed by atoms with Gasteiger partial charge in [-0.15, -0.1) is 0 Å². The average Bonchev–Trinajstić information content (AvgIpc) is 2.42. The van der Waals surface area contributed by atoms with Crippen molar-refractivity contribution in [2.24, 2.45) is 5.41 Å². The molecule has 1 aliphatic carbocycles. The van der Waals surface area contributed by atoms with Crippen molar-refractivity contribution in [2.45, 2.75) is 32.6 Å². The molecule has 0 saturated carbocycles. The molecule has 1 atom stereocenters. The monoisotopic (exact) mass is 262 g/mol. The number of esters is 1. The minimum absolute atomic E-state index is 0.0124. The Bertz CT molecular complexity index is 521. The highest BCUT2D eigenvalue weighted by atomic mass is 16.5. The van der Waals surface area contributed by atoms with E-state index in [1.165, 1.54) is 13.2 Å². The molecule has 0 saturated heterocycles. The maximum absolute atomic E-state index is 12.6. The first-order valence-corrected chi connectivity index (χ1v) is 6.46. The highest BCUT2D eigenvalue weighted by Crippen LogP contribution is 2.41. The first-order chi connectivity index (χ1) is 9.02. The molecule has 1 aromatic rings. The second-order valence-electron chi connectivity index (χ2n) is 5.06. The number of benzene rings is 1. The zero-order valence-electron chi connectivity index (χ0n) is 11.2. The van der Waals surface area contributed by atoms with Crippen LogP contribution in [0, 0.1) is 5.41 Å². The number of methoxy groups -OCH3 is 1. The molecule has 4 nitrogen and oxygen atoms in total. The van der Waals surface area contributed by atoms with Crippen molar-refractivity contribution in [3.63, 3.8) is 0 Å². The number of hydrogen-bond acceptors (Lipinski definition) is 4. The van der Waals surface area contributed by atoms with E-state index in [-0.39, 0.29) is 23.9 Å². The number of Topliss-reactive ketones (excluding diaryl/α,β-unsaturated/α-hetero) is 1. The second kappa shape index (κ2) is 5.03. The predicted molar refractivity (Wildman–Crippen MR) is 70.1 cm³/mol. The van der Waals surface area contributed by atoms with E-state index in [0.717, 1.165) is 5.56 Å². The first kappa shape index (κ1) is 13.6. The highest BCUT2D eigenvalue weighted by Gasteiger charge is 2.42. The van der Waals surface area contributed by atoms with Gasteiger partial charge in [-0.25, -0.2) is 0 Å². The van der Waals surface area contributed by atoms with Crippen LogP contribution in [0.1, 0.15) is 42.1 Å². The topological polar surface area (TPSA) is 63.6 Å². The summed E-state index contributed by atoms with van der Waals surface area (Å²) in [6, 6.07) is 4.79. The fourth-order valence-corrected chi connectivity index (χ4v) is 2.76. The zero-order chi connectivity index (χ0) is 14.0. The summed E-state index contributed by atoms with van der Waals surface area (Å²) in [6.45, 7) is 1.92. The number of phenolic OH excluding ortho intramolecular Hbond substituents is 1. The van der Waals surface area contributed by atoms with Crippen molar-refractivity contribution < 1.29 is 19.4 Å². The van der Waals surface area contributed by atoms with Gasteiger partial charge in [-0.3, -0.25) is 9.59 Å². The van der Waals surface area contributed by atoms with Gasteiger partial charge in [0.1, 0.15) is 5.75 Å². The largest absolute Gasteiger partial charge is 0.508 e. The van der Waals surface area contributed by atoms with Crippen LogP contribution < -0.4 is 0 Å². The Labute approximate surface area is 112 Å². The van der Waals surface area contributed by atoms with Crippen molar-refractivity contribution in [2.75, 3.05) is 7.11 Å². The molecule has 0 aliphatic heterocycles. The molecule has 0 fully saturated rings. The number of aromatic hydroxyl groups is 1. The van der Waals surface area contributed by atoms with E-state index >= 15 is 0 Å². The lowest BCUT2D eigenvalue weighted by atomic mass is 9.67. The molecule has 1 N–H and O–H groups in total. The summed E-state index contributed by atoms with van der Waals surface area (Å²) in [5.41, 5.74) is 0.825. The Hall–Kier alpha value is -1.84. The van der Waals surface area contributed by atoms with Crippen LogP contribution in [-0.4, -0.2) is 24.0 Å². The Kier molecular flexibility index (Phi) is 3.60. The quantitative estimate of drug-likeness (QED) is 0.850. The molecule has 1 aromatic carbocycles. The van der Waals surface area contributed by atoms with Crippen molar-refractivity contribution in [1.29, 1.82) is 0 Å². The summed E-state index contributed by atoms with van der Waals surface area (Å²) in [4.78, 5) is 24.2. The molecule has 19 heavy (non-hydrogen) atoms. The lowest BCUT2D eigenvalue weighted by molar-refractivity contribution is -0.143. The summed E-state index contributed by atoms with van der Waals surface area (Å²) in [7, 11) is 1.34. The van der Waals surface area contributed by atoms with Crippen LogP contribution in [0.4, 0.5) is 0 Å². The molecule has 0 spiro atoms. The summed E-state index contributed by atoms with van der Waals surface area (Å²) in [5.74, 6) is -0.192. The Morgan fingerprint density at radius 2 is 2.21 bits per heavy atom. The summed E-state index contributed by atoms with van der Waals surface area (Å²) in [6.07, 6.45) is 2.05. The van der Waals surface area contributed by atoms with Gasteiger partial charge in [0.2, 0.25) is 0 Å². The number of aryl methyl sites for hydroxylation is 1. The fourth-order valence-electron chi connectivity index (χ4n) is 2.76. The molecule has 0 bridgehead atoms. The van der Waals surface area contributed by atoms with Crippen molar-refractivity contribution in [3.8, 4) is 5.75 Å². The third-order valence-electron chi connectivity index (χ3n) is 4.08. The van der Waals surface area contributed by atoms with Gasteiger partial charge in [-0.2, -0.15) is 0 Å². The number of ketones is 1. The molecular formula is C15H18O4. The molecule has 102 valence electrons. The predicted octanol–water partition coefficient (Wildman–Crippen LogP) is 2.48. The van der Waals surface area contributed by atoms with Gasteiger partial charge in [-0.05, 0) is 43.0 Å². The molecule has 0 heterocycles. The van der Waals surface area contributed by atoms with Crippen LogP contribution in [0.25, 0.3) is 0 Å². The van der Waals surface area contributed by atoms with Gasteiger partial charge in [0.25, 0.3) is 0 Å². The summed E-state index contributed by atoms with van der Waals surface area (Å²) in [5, 5.41) is 9.46. The number of ether oxygens (including phenoxy) is 1. The van der Waals surface area contributed by atoms with Crippen LogP contribution in [0.15, 0.2) is 18.2 Å². The van der Waals surface area contributed by atoms with Gasteiger partial charge >= 0.3 is 5.97 Å². The number of carbonyl (C=O) groups excluding carboxylic acids is 2. The molecule has 0 amide bonds. The SMILES string of the molecule is CC[C@@]1(CC(=O)OC)CCc2cc(O)ccc2C1=O. The lowest BCUT2D eigenvalue weighted by Crippen LogP contribution is -2.37. The number of hydrogen-bond donors (Lipinski definition) is 1. The molecular weight excluding hydrogens is 244 g/mol. The third kappa shape index (κ3) is 2.35. The van der Waals surface area contributed by atoms with Crippen molar-refractivity contribution in [1.82, 2.24) is 0 Å². The third-order valence-corrected chi connectivity index (χ3v) is 4.08. The van der Waals surface area contributed by atoms with Crippen LogP contribution in [0.5, 0.6) is 5.75 Å². The number of phenols is 1. The average molecular weight is 262 g/mol. The number of carbonyl (C=O) groups is 2. The minimum Gasteiger partial charge on any atom is -0.508 e. The Morgan fingerprint density at radius 3 is 2.84 bits per heavy atom. The molecule has 0 radical (unpaired) electrons. The maximum atomic E-state index is 12.6. The maximum Gasteiger partial charge on any atom is 0.306 e. The first-order valence-electron chi connectivity index (χ1n) is 6.46. The van der Waals surface area contributed by atoms with Crippen LogP contribution >= 0.6 is 0 Å². The van der Waals surface area contributed by atoms with E-state index in [4.69, 9.17) is 4.74 Å². The zero-order valence-corrected chi connectivity index (χ0v) is 11.2. The van der Waals surface area contributed by atoms with Crippen molar-refractivity contribution in [3.05, 3.63) is 29.3 Å². The molecule has 2 rings (SSSR count). The number of fused-ring (bicyclic) bond motifs is 1. The van der Waals surface area contributed by atoms with E-state index in [9.17, 15) is 14.7 Å². The van der Waals surface area contributed by atoms with E-state index in [2.05, 4.69) is 0 Å². The van der Waals surface area contributed by atoms with Crippen LogP contribution in [-0.2, 0) is 16.0 Å². The van der Waals surface area contributed by atoms with Gasteiger partial charge < -0.3 is 9.84 Å². The van der Waals surface area contributed by atoms with E-state index < -0.39 is 5.41 Å². The van der Waals surface area contributed by atoms with E-state index in [1.807, 2.05) is 6.92 Å². The van der Waals surface area contributed by atoms with Gasteiger partial charge in [0.05, 0.1) is 13.5 Å². The fraction of sp³-hybridized carbons (Fsp3) is 0.467. The van der Waals surface area contributed by atoms with Crippen LogP contribution in [0.2, 0.25) is 0 Å². The highest BCUT2D eigenvalue weighted by molar-refractivity contribution is 6.04. The standard InChI is InChI=1S/C15H18O4/c1-3-15(9-13(17)19-2)7-6-10-8-11(16)4-5-12(10)14(15)18/h4-5,8,16H,3,6-7,9H2,1-2H3/t15-/m0/s1. The Balaban J connectivity index is 2.38.